The summed E-state index contributed by atoms with van der Waals surface area (Å²) in [6.07, 6.45) is 1.68. The van der Waals surface area contributed by atoms with Crippen LogP contribution in [0, 0.1) is 0 Å². The number of rotatable bonds is 4. The minimum Gasteiger partial charge on any atom is -0.324 e. The third-order valence-corrected chi connectivity index (χ3v) is 5.08. The standard InChI is InChI=1S/C15H13N3O2S2/c19-14(18-16-9-10-4-3-7-21-10)8-13-15(20)17-11-5-1-2-6-12(11)22-13/h1-7,9,13H,8H2,(H,17,20)(H,18,19)/b16-9-/t13-/m0/s1. The first-order valence-corrected chi connectivity index (χ1v) is 8.40. The van der Waals surface area contributed by atoms with E-state index in [1.54, 1.807) is 6.21 Å². The van der Waals surface area contributed by atoms with Gasteiger partial charge < -0.3 is 5.32 Å². The van der Waals surface area contributed by atoms with Crippen molar-refractivity contribution in [2.75, 3.05) is 5.32 Å². The summed E-state index contributed by atoms with van der Waals surface area (Å²) in [6, 6.07) is 11.4. The summed E-state index contributed by atoms with van der Waals surface area (Å²) in [5.41, 5.74) is 3.25. The molecule has 7 heteroatoms. The molecule has 3 rings (SSSR count). The van der Waals surface area contributed by atoms with E-state index in [0.29, 0.717) is 0 Å². The van der Waals surface area contributed by atoms with E-state index in [9.17, 15) is 9.59 Å². The number of thiophene rings is 1. The monoisotopic (exact) mass is 331 g/mol. The molecule has 0 saturated heterocycles. The molecule has 2 aromatic rings. The van der Waals surface area contributed by atoms with Crippen LogP contribution >= 0.6 is 23.1 Å². The molecule has 2 amide bonds. The van der Waals surface area contributed by atoms with E-state index < -0.39 is 5.25 Å². The van der Waals surface area contributed by atoms with E-state index in [-0.39, 0.29) is 18.2 Å². The van der Waals surface area contributed by atoms with Crippen molar-refractivity contribution in [2.24, 2.45) is 5.10 Å². The summed E-state index contributed by atoms with van der Waals surface area (Å²) in [6.45, 7) is 0. The van der Waals surface area contributed by atoms with Gasteiger partial charge in [0.1, 0.15) is 0 Å². The zero-order chi connectivity index (χ0) is 15.4. The predicted molar refractivity (Wildman–Crippen MR) is 89.4 cm³/mol. The second-order valence-corrected chi connectivity index (χ2v) is 6.83. The van der Waals surface area contributed by atoms with Gasteiger partial charge in [0.15, 0.2) is 0 Å². The Morgan fingerprint density at radius 1 is 1.32 bits per heavy atom. The predicted octanol–water partition coefficient (Wildman–Crippen LogP) is 2.70. The molecule has 2 N–H and O–H groups in total. The van der Waals surface area contributed by atoms with Crippen molar-refractivity contribution < 1.29 is 9.59 Å². The molecule has 1 aliphatic heterocycles. The minimum atomic E-state index is -0.438. The molecule has 1 aliphatic rings. The number of thioether (sulfide) groups is 1. The van der Waals surface area contributed by atoms with E-state index in [0.717, 1.165) is 15.5 Å². The number of hydrogen-bond acceptors (Lipinski definition) is 5. The topological polar surface area (TPSA) is 70.6 Å². The maximum absolute atomic E-state index is 12.0. The fourth-order valence-electron chi connectivity index (χ4n) is 1.97. The molecule has 0 radical (unpaired) electrons. The van der Waals surface area contributed by atoms with Gasteiger partial charge in [0, 0.05) is 16.2 Å². The van der Waals surface area contributed by atoms with Crippen LogP contribution in [0.2, 0.25) is 0 Å². The van der Waals surface area contributed by atoms with Crippen molar-refractivity contribution in [3.05, 3.63) is 46.7 Å². The van der Waals surface area contributed by atoms with E-state index >= 15 is 0 Å². The maximum atomic E-state index is 12.0. The highest BCUT2D eigenvalue weighted by Crippen LogP contribution is 2.36. The molecule has 0 aliphatic carbocycles. The summed E-state index contributed by atoms with van der Waals surface area (Å²) in [5.74, 6) is -0.430. The number of nitrogens with zero attached hydrogens (tertiary/aromatic N) is 1. The lowest BCUT2D eigenvalue weighted by molar-refractivity contribution is -0.124. The van der Waals surface area contributed by atoms with Crippen LogP contribution in [0.4, 0.5) is 5.69 Å². The molecule has 0 saturated carbocycles. The van der Waals surface area contributed by atoms with Crippen LogP contribution < -0.4 is 10.7 Å². The number of anilines is 1. The first kappa shape index (κ1) is 14.8. The molecule has 0 unspecified atom stereocenters. The number of carbonyl (C=O) groups is 2. The third-order valence-electron chi connectivity index (χ3n) is 3.00. The summed E-state index contributed by atoms with van der Waals surface area (Å²) >= 11 is 2.94. The number of nitrogens with one attached hydrogen (secondary N) is 2. The van der Waals surface area contributed by atoms with Crippen LogP contribution in [0.5, 0.6) is 0 Å². The fourth-order valence-corrected chi connectivity index (χ4v) is 3.67. The van der Waals surface area contributed by atoms with Crippen molar-refractivity contribution in [3.8, 4) is 0 Å². The van der Waals surface area contributed by atoms with Crippen molar-refractivity contribution >= 4 is 46.8 Å². The fraction of sp³-hybridized carbons (Fsp3) is 0.133. The van der Waals surface area contributed by atoms with Gasteiger partial charge in [0.2, 0.25) is 11.8 Å². The Labute approximate surface area is 135 Å². The van der Waals surface area contributed by atoms with Crippen LogP contribution in [-0.4, -0.2) is 23.3 Å². The molecule has 0 spiro atoms. The molecular weight excluding hydrogens is 318 g/mol. The highest BCUT2D eigenvalue weighted by atomic mass is 32.2. The SMILES string of the molecule is O=C(C[C@@H]1Sc2ccccc2NC1=O)N/N=C\c1cccs1. The Balaban J connectivity index is 1.57. The molecule has 0 fully saturated rings. The lowest BCUT2D eigenvalue weighted by Crippen LogP contribution is -2.33. The molecule has 1 aromatic heterocycles. The highest BCUT2D eigenvalue weighted by molar-refractivity contribution is 8.01. The smallest absolute Gasteiger partial charge is 0.241 e. The molecule has 22 heavy (non-hydrogen) atoms. The largest absolute Gasteiger partial charge is 0.324 e. The lowest BCUT2D eigenvalue weighted by Gasteiger charge is -2.23. The van der Waals surface area contributed by atoms with Gasteiger partial charge in [-0.15, -0.1) is 23.1 Å². The second kappa shape index (κ2) is 6.76. The number of benzene rings is 1. The first-order valence-electron chi connectivity index (χ1n) is 6.64. The summed E-state index contributed by atoms with van der Waals surface area (Å²) in [7, 11) is 0. The number of amides is 2. The Bertz CT molecular complexity index is 713. The van der Waals surface area contributed by atoms with Gasteiger partial charge >= 0.3 is 0 Å². The quantitative estimate of drug-likeness (QED) is 0.668. The zero-order valence-electron chi connectivity index (χ0n) is 11.5. The van der Waals surface area contributed by atoms with Crippen molar-refractivity contribution in [3.63, 3.8) is 0 Å². The second-order valence-electron chi connectivity index (χ2n) is 4.60. The number of hydrogen-bond donors (Lipinski definition) is 2. The Morgan fingerprint density at radius 3 is 3.00 bits per heavy atom. The maximum Gasteiger partial charge on any atom is 0.241 e. The van der Waals surface area contributed by atoms with E-state index in [1.807, 2.05) is 41.8 Å². The van der Waals surface area contributed by atoms with Gasteiger partial charge in [-0.1, -0.05) is 18.2 Å². The number of para-hydroxylation sites is 1. The van der Waals surface area contributed by atoms with E-state index in [2.05, 4.69) is 15.8 Å². The Kier molecular flexibility index (Phi) is 4.55. The van der Waals surface area contributed by atoms with Gasteiger partial charge in [-0.3, -0.25) is 9.59 Å². The molecule has 2 heterocycles. The van der Waals surface area contributed by atoms with Gasteiger partial charge in [-0.2, -0.15) is 5.10 Å². The number of fused-ring (bicyclic) bond motifs is 1. The van der Waals surface area contributed by atoms with Crippen LogP contribution in [-0.2, 0) is 9.59 Å². The molecule has 5 nitrogen and oxygen atoms in total. The summed E-state index contributed by atoms with van der Waals surface area (Å²) in [4.78, 5) is 25.8. The van der Waals surface area contributed by atoms with Crippen LogP contribution in [0.15, 0.2) is 51.8 Å². The van der Waals surface area contributed by atoms with Gasteiger partial charge in [0.05, 0.1) is 17.2 Å². The molecular formula is C15H13N3O2S2. The molecule has 1 atom stereocenters. The van der Waals surface area contributed by atoms with Gasteiger partial charge in [-0.05, 0) is 23.6 Å². The average Bonchev–Trinajstić information content (AvgIpc) is 3.01. The van der Waals surface area contributed by atoms with E-state index in [1.165, 1.54) is 23.1 Å². The number of carbonyl (C=O) groups excluding carboxylic acids is 2. The molecule has 112 valence electrons. The van der Waals surface area contributed by atoms with Crippen molar-refractivity contribution in [1.82, 2.24) is 5.43 Å². The van der Waals surface area contributed by atoms with Gasteiger partial charge in [0.25, 0.3) is 0 Å². The Morgan fingerprint density at radius 2 is 2.18 bits per heavy atom. The normalized spacial score (nSPS) is 17.1. The van der Waals surface area contributed by atoms with E-state index in [4.69, 9.17) is 0 Å². The zero-order valence-corrected chi connectivity index (χ0v) is 13.1. The van der Waals surface area contributed by atoms with Crippen LogP contribution in [0.25, 0.3) is 0 Å². The summed E-state index contributed by atoms with van der Waals surface area (Å²) in [5, 5.41) is 8.21. The van der Waals surface area contributed by atoms with Crippen LogP contribution in [0.1, 0.15) is 11.3 Å². The first-order chi connectivity index (χ1) is 10.7. The number of hydrazone groups is 1. The third kappa shape index (κ3) is 3.55. The van der Waals surface area contributed by atoms with Crippen molar-refractivity contribution in [2.45, 2.75) is 16.6 Å². The average molecular weight is 331 g/mol. The molecule has 0 bridgehead atoms. The van der Waals surface area contributed by atoms with Crippen molar-refractivity contribution in [1.29, 1.82) is 0 Å². The van der Waals surface area contributed by atoms with Crippen LogP contribution in [0.3, 0.4) is 0 Å². The molecule has 1 aromatic carbocycles. The minimum absolute atomic E-state index is 0.0899. The summed E-state index contributed by atoms with van der Waals surface area (Å²) < 4.78 is 0. The highest BCUT2D eigenvalue weighted by Gasteiger charge is 2.28. The van der Waals surface area contributed by atoms with Gasteiger partial charge in [-0.25, -0.2) is 5.43 Å². The Hall–Kier alpha value is -2.12. The lowest BCUT2D eigenvalue weighted by atomic mass is 10.2.